The molecule has 0 saturated carbocycles. The van der Waals surface area contributed by atoms with Crippen molar-refractivity contribution in [3.05, 3.63) is 35.5 Å². The quantitative estimate of drug-likeness (QED) is 0.825. The maximum atomic E-state index is 11.7. The molecular formula is C15H15N5OS. The number of rotatable bonds is 5. The van der Waals surface area contributed by atoms with E-state index in [1.807, 2.05) is 19.1 Å². The highest BCUT2D eigenvalue weighted by Gasteiger charge is 2.10. The van der Waals surface area contributed by atoms with Crippen molar-refractivity contribution in [3.63, 3.8) is 0 Å². The van der Waals surface area contributed by atoms with E-state index < -0.39 is 0 Å². The number of anilines is 1. The smallest absolute Gasteiger partial charge is 0.224 e. The first kappa shape index (κ1) is 15.8. The number of aromatic nitrogens is 1. The van der Waals surface area contributed by atoms with Crippen LogP contribution in [0.5, 0.6) is 0 Å². The maximum Gasteiger partial charge on any atom is 0.224 e. The molecule has 0 saturated heterocycles. The number of amides is 1. The standard InChI is InChI=1S/C15H15N5OS/c1-3-6-14(21)17-12-7-4-5-8-13(12)18-19-15-11(9-16)10(2)20-22-15/h4-5,7-8H,3,6H2,1-2H3,(H,17,21). The van der Waals surface area contributed by atoms with Gasteiger partial charge in [0.2, 0.25) is 5.91 Å². The number of hydrogen-bond acceptors (Lipinski definition) is 6. The van der Waals surface area contributed by atoms with Gasteiger partial charge in [0.15, 0.2) is 5.00 Å². The molecule has 0 spiro atoms. The first-order valence-electron chi connectivity index (χ1n) is 6.82. The van der Waals surface area contributed by atoms with Gasteiger partial charge in [-0.3, -0.25) is 4.79 Å². The van der Waals surface area contributed by atoms with Crippen LogP contribution in [0.3, 0.4) is 0 Å². The third kappa shape index (κ3) is 3.74. The van der Waals surface area contributed by atoms with Crippen molar-refractivity contribution in [2.45, 2.75) is 26.7 Å². The molecule has 0 unspecified atom stereocenters. The van der Waals surface area contributed by atoms with Gasteiger partial charge in [0.1, 0.15) is 17.3 Å². The molecule has 1 N–H and O–H groups in total. The van der Waals surface area contributed by atoms with Crippen LogP contribution >= 0.6 is 11.5 Å². The Kier molecular flexibility index (Phi) is 5.33. The van der Waals surface area contributed by atoms with Crippen LogP contribution in [0, 0.1) is 18.3 Å². The Morgan fingerprint density at radius 2 is 2.18 bits per heavy atom. The summed E-state index contributed by atoms with van der Waals surface area (Å²) >= 11 is 1.13. The summed E-state index contributed by atoms with van der Waals surface area (Å²) in [5, 5.41) is 20.6. The topological polar surface area (TPSA) is 90.5 Å². The van der Waals surface area contributed by atoms with Crippen molar-refractivity contribution in [2.75, 3.05) is 5.32 Å². The SMILES string of the molecule is CCCC(=O)Nc1ccccc1N=Nc1snc(C)c1C#N. The normalized spacial score (nSPS) is 10.6. The predicted octanol–water partition coefficient (Wildman–Crippen LogP) is 4.48. The molecule has 0 bridgehead atoms. The Bertz CT molecular complexity index is 745. The van der Waals surface area contributed by atoms with Gasteiger partial charge < -0.3 is 5.32 Å². The number of aryl methyl sites for hydroxylation is 1. The van der Waals surface area contributed by atoms with Crippen molar-refractivity contribution < 1.29 is 4.79 Å². The average Bonchev–Trinajstić information content (AvgIpc) is 2.86. The first-order valence-corrected chi connectivity index (χ1v) is 7.60. The molecule has 0 aliphatic rings. The van der Waals surface area contributed by atoms with Gasteiger partial charge in [0.25, 0.3) is 0 Å². The molecule has 1 aromatic carbocycles. The lowest BCUT2D eigenvalue weighted by atomic mass is 10.2. The van der Waals surface area contributed by atoms with E-state index in [0.717, 1.165) is 18.0 Å². The fourth-order valence-electron chi connectivity index (χ4n) is 1.76. The Morgan fingerprint density at radius 1 is 1.41 bits per heavy atom. The molecule has 1 amide bonds. The van der Waals surface area contributed by atoms with Gasteiger partial charge in [-0.1, -0.05) is 19.1 Å². The lowest BCUT2D eigenvalue weighted by molar-refractivity contribution is -0.116. The number of benzene rings is 1. The third-order valence-electron chi connectivity index (χ3n) is 2.86. The fourth-order valence-corrected chi connectivity index (χ4v) is 2.44. The molecule has 0 radical (unpaired) electrons. The highest BCUT2D eigenvalue weighted by molar-refractivity contribution is 7.10. The van der Waals surface area contributed by atoms with E-state index in [1.165, 1.54) is 0 Å². The average molecular weight is 313 g/mol. The fraction of sp³-hybridized carbons (Fsp3) is 0.267. The third-order valence-corrected chi connectivity index (χ3v) is 3.68. The number of azo groups is 1. The summed E-state index contributed by atoms with van der Waals surface area (Å²) in [6.45, 7) is 3.70. The molecule has 6 nitrogen and oxygen atoms in total. The van der Waals surface area contributed by atoms with E-state index in [-0.39, 0.29) is 5.91 Å². The molecule has 7 heteroatoms. The van der Waals surface area contributed by atoms with E-state index in [1.54, 1.807) is 19.1 Å². The number of nitrogens with one attached hydrogen (secondary N) is 1. The Balaban J connectivity index is 2.24. The van der Waals surface area contributed by atoms with Crippen LogP contribution in [0.2, 0.25) is 0 Å². The molecule has 0 atom stereocenters. The van der Waals surface area contributed by atoms with Gasteiger partial charge in [-0.15, -0.1) is 10.2 Å². The molecule has 1 heterocycles. The van der Waals surface area contributed by atoms with Gasteiger partial charge in [-0.25, -0.2) is 0 Å². The van der Waals surface area contributed by atoms with Crippen molar-refractivity contribution in [1.82, 2.24) is 4.37 Å². The lowest BCUT2D eigenvalue weighted by Crippen LogP contribution is -2.10. The summed E-state index contributed by atoms with van der Waals surface area (Å²) in [7, 11) is 0. The zero-order valence-electron chi connectivity index (χ0n) is 12.3. The van der Waals surface area contributed by atoms with Crippen LogP contribution in [0.1, 0.15) is 31.0 Å². The van der Waals surface area contributed by atoms with Crippen molar-refractivity contribution in [3.8, 4) is 6.07 Å². The number of nitriles is 1. The van der Waals surface area contributed by atoms with Gasteiger partial charge >= 0.3 is 0 Å². The summed E-state index contributed by atoms with van der Waals surface area (Å²) in [6.07, 6.45) is 1.24. The van der Waals surface area contributed by atoms with Crippen molar-refractivity contribution >= 4 is 33.8 Å². The molecule has 0 aliphatic carbocycles. The molecule has 2 aromatic rings. The van der Waals surface area contributed by atoms with Crippen LogP contribution in [-0.4, -0.2) is 10.3 Å². The lowest BCUT2D eigenvalue weighted by Gasteiger charge is -2.06. The molecule has 0 fully saturated rings. The second-order valence-corrected chi connectivity index (χ2v) is 5.33. The molecular weight excluding hydrogens is 298 g/mol. The number of carbonyl (C=O) groups excluding carboxylic acids is 1. The monoisotopic (exact) mass is 313 g/mol. The van der Waals surface area contributed by atoms with E-state index in [2.05, 4.69) is 26.0 Å². The Morgan fingerprint density at radius 3 is 2.91 bits per heavy atom. The Labute approximate surface area is 132 Å². The van der Waals surface area contributed by atoms with Crippen LogP contribution < -0.4 is 5.32 Å². The second-order valence-electron chi connectivity index (χ2n) is 4.58. The summed E-state index contributed by atoms with van der Waals surface area (Å²) in [6, 6.07) is 9.22. The largest absolute Gasteiger partial charge is 0.324 e. The predicted molar refractivity (Wildman–Crippen MR) is 85.7 cm³/mol. The molecule has 1 aromatic heterocycles. The van der Waals surface area contributed by atoms with E-state index in [0.29, 0.717) is 34.1 Å². The summed E-state index contributed by atoms with van der Waals surface area (Å²) in [5.74, 6) is -0.0588. The van der Waals surface area contributed by atoms with Crippen LogP contribution in [-0.2, 0) is 4.79 Å². The highest BCUT2D eigenvalue weighted by Crippen LogP contribution is 2.31. The number of para-hydroxylation sites is 1. The van der Waals surface area contributed by atoms with Crippen LogP contribution in [0.4, 0.5) is 16.4 Å². The highest BCUT2D eigenvalue weighted by atomic mass is 32.1. The molecule has 0 aliphatic heterocycles. The summed E-state index contributed by atoms with van der Waals surface area (Å²) < 4.78 is 4.09. The van der Waals surface area contributed by atoms with Crippen molar-refractivity contribution in [1.29, 1.82) is 5.26 Å². The number of carbonyl (C=O) groups is 1. The van der Waals surface area contributed by atoms with Crippen molar-refractivity contribution in [2.24, 2.45) is 10.2 Å². The Hall–Kier alpha value is -2.59. The molecule has 112 valence electrons. The first-order chi connectivity index (χ1) is 10.7. The maximum absolute atomic E-state index is 11.7. The van der Waals surface area contributed by atoms with E-state index >= 15 is 0 Å². The van der Waals surface area contributed by atoms with Gasteiger partial charge in [0, 0.05) is 6.42 Å². The van der Waals surface area contributed by atoms with E-state index in [4.69, 9.17) is 5.26 Å². The summed E-state index contributed by atoms with van der Waals surface area (Å²) in [5.41, 5.74) is 2.22. The minimum atomic E-state index is -0.0588. The molecule has 22 heavy (non-hydrogen) atoms. The van der Waals surface area contributed by atoms with Gasteiger partial charge in [-0.05, 0) is 37.0 Å². The zero-order chi connectivity index (χ0) is 15.9. The number of nitrogens with zero attached hydrogens (tertiary/aromatic N) is 4. The van der Waals surface area contributed by atoms with Crippen LogP contribution in [0.25, 0.3) is 0 Å². The summed E-state index contributed by atoms with van der Waals surface area (Å²) in [4.78, 5) is 11.7. The molecule has 2 rings (SSSR count). The van der Waals surface area contributed by atoms with Gasteiger partial charge in [-0.2, -0.15) is 9.64 Å². The minimum absolute atomic E-state index is 0.0588. The minimum Gasteiger partial charge on any atom is -0.324 e. The van der Waals surface area contributed by atoms with Crippen LogP contribution in [0.15, 0.2) is 34.5 Å². The van der Waals surface area contributed by atoms with E-state index in [9.17, 15) is 4.79 Å². The number of hydrogen-bond donors (Lipinski definition) is 1. The van der Waals surface area contributed by atoms with Gasteiger partial charge in [0.05, 0.1) is 11.4 Å². The second kappa shape index (κ2) is 7.43. The zero-order valence-corrected chi connectivity index (χ0v) is 13.1.